The van der Waals surface area contributed by atoms with E-state index in [1.807, 2.05) is 6.92 Å². The molecule has 0 aromatic carbocycles. The smallest absolute Gasteiger partial charge is 0.123 e. The Hall–Kier alpha value is 0.540. The largest absolute Gasteiger partial charge is 0.328 e. The summed E-state index contributed by atoms with van der Waals surface area (Å²) in [5, 5.41) is 0. The zero-order valence-corrected chi connectivity index (χ0v) is 6.21. The summed E-state index contributed by atoms with van der Waals surface area (Å²) in [6.07, 6.45) is 0.855. The van der Waals surface area contributed by atoms with Gasteiger partial charge in [0.1, 0.15) is 4.33 Å². The van der Waals surface area contributed by atoms with Gasteiger partial charge in [-0.05, 0) is 13.3 Å². The Balaban J connectivity index is 2.37. The van der Waals surface area contributed by atoms with Crippen LogP contribution in [-0.2, 0) is 0 Å². The Bertz CT molecular complexity index is 101. The summed E-state index contributed by atoms with van der Waals surface area (Å²) in [5.41, 5.74) is 5.50. The van der Waals surface area contributed by atoms with Gasteiger partial charge in [0.25, 0.3) is 0 Å². The second-order valence-corrected chi connectivity index (χ2v) is 3.97. The first-order valence-corrected chi connectivity index (χ1v) is 3.43. The second kappa shape index (κ2) is 1.76. The fraction of sp³-hybridized carbons (Fsp3) is 1.00. The second-order valence-electron chi connectivity index (χ2n) is 2.43. The minimum Gasteiger partial charge on any atom is -0.328 e. The lowest BCUT2D eigenvalue weighted by Gasteiger charge is -2.01. The molecule has 1 fully saturated rings. The number of alkyl halides is 2. The molecule has 1 aliphatic rings. The molecule has 1 rings (SSSR count). The van der Waals surface area contributed by atoms with Crippen molar-refractivity contribution >= 4 is 23.2 Å². The summed E-state index contributed by atoms with van der Waals surface area (Å²) >= 11 is 11.4. The molecule has 1 nitrogen and oxygen atoms in total. The minimum absolute atomic E-state index is 0.144. The molecule has 0 saturated heterocycles. The Labute approximate surface area is 59.1 Å². The van der Waals surface area contributed by atoms with Crippen molar-refractivity contribution in [2.45, 2.75) is 23.7 Å². The first kappa shape index (κ1) is 6.66. The van der Waals surface area contributed by atoms with Crippen molar-refractivity contribution < 1.29 is 0 Å². The van der Waals surface area contributed by atoms with Crippen LogP contribution in [0.1, 0.15) is 13.3 Å². The van der Waals surface area contributed by atoms with E-state index in [1.54, 1.807) is 0 Å². The lowest BCUT2D eigenvalue weighted by atomic mass is 10.2. The molecular formula is C5H9Cl2N. The van der Waals surface area contributed by atoms with E-state index in [0.717, 1.165) is 6.42 Å². The maximum atomic E-state index is 5.69. The van der Waals surface area contributed by atoms with Crippen molar-refractivity contribution in [2.24, 2.45) is 11.7 Å². The molecule has 0 aromatic heterocycles. The summed E-state index contributed by atoms with van der Waals surface area (Å²) in [5.74, 6) is 0.325. The molecule has 3 heteroatoms. The SMILES string of the molecule is C[C@@H](N)[C@H]1CC1(Cl)Cl. The molecule has 0 aliphatic heterocycles. The number of halogens is 2. The van der Waals surface area contributed by atoms with E-state index < -0.39 is 4.33 Å². The van der Waals surface area contributed by atoms with E-state index in [2.05, 4.69) is 0 Å². The van der Waals surface area contributed by atoms with Crippen LogP contribution in [0.4, 0.5) is 0 Å². The monoisotopic (exact) mass is 153 g/mol. The Kier molecular flexibility index (Phi) is 1.46. The van der Waals surface area contributed by atoms with Gasteiger partial charge >= 0.3 is 0 Å². The van der Waals surface area contributed by atoms with Gasteiger partial charge < -0.3 is 5.73 Å². The molecule has 8 heavy (non-hydrogen) atoms. The van der Waals surface area contributed by atoms with Gasteiger partial charge in [-0.25, -0.2) is 0 Å². The minimum atomic E-state index is -0.492. The zero-order valence-electron chi connectivity index (χ0n) is 4.70. The molecule has 2 N–H and O–H groups in total. The summed E-state index contributed by atoms with van der Waals surface area (Å²) in [6.45, 7) is 1.93. The first-order chi connectivity index (χ1) is 3.54. The zero-order chi connectivity index (χ0) is 6.36. The standard InChI is InChI=1S/C5H9Cl2N/c1-3(8)4-2-5(4,6)7/h3-4H,2,8H2,1H3/t3-,4-/m1/s1. The van der Waals surface area contributed by atoms with E-state index in [-0.39, 0.29) is 6.04 Å². The predicted octanol–water partition coefficient (Wildman–Crippen LogP) is 1.53. The molecule has 2 atom stereocenters. The lowest BCUT2D eigenvalue weighted by molar-refractivity contribution is 0.643. The summed E-state index contributed by atoms with van der Waals surface area (Å²) in [7, 11) is 0. The van der Waals surface area contributed by atoms with Crippen LogP contribution in [0.5, 0.6) is 0 Å². The van der Waals surface area contributed by atoms with Crippen LogP contribution in [0.3, 0.4) is 0 Å². The third-order valence-corrected chi connectivity index (χ3v) is 2.38. The molecule has 48 valence electrons. The fourth-order valence-electron chi connectivity index (χ4n) is 0.805. The average Bonchev–Trinajstić information content (AvgIpc) is 2.13. The topological polar surface area (TPSA) is 26.0 Å². The molecule has 0 bridgehead atoms. The molecule has 0 radical (unpaired) electrons. The van der Waals surface area contributed by atoms with Crippen molar-refractivity contribution in [3.8, 4) is 0 Å². The quantitative estimate of drug-likeness (QED) is 0.569. The van der Waals surface area contributed by atoms with Gasteiger partial charge in [-0.1, -0.05) is 0 Å². The molecule has 1 aliphatic carbocycles. The van der Waals surface area contributed by atoms with E-state index in [4.69, 9.17) is 28.9 Å². The van der Waals surface area contributed by atoms with Crippen LogP contribution in [0, 0.1) is 5.92 Å². The van der Waals surface area contributed by atoms with Gasteiger partial charge in [0, 0.05) is 12.0 Å². The van der Waals surface area contributed by atoms with E-state index >= 15 is 0 Å². The van der Waals surface area contributed by atoms with Gasteiger partial charge in [-0.3, -0.25) is 0 Å². The van der Waals surface area contributed by atoms with Crippen molar-refractivity contribution in [3.63, 3.8) is 0 Å². The number of hydrogen-bond donors (Lipinski definition) is 1. The van der Waals surface area contributed by atoms with E-state index in [0.29, 0.717) is 5.92 Å². The molecular weight excluding hydrogens is 145 g/mol. The normalized spacial score (nSPS) is 36.8. The van der Waals surface area contributed by atoms with Gasteiger partial charge in [0.05, 0.1) is 0 Å². The van der Waals surface area contributed by atoms with Gasteiger partial charge in [-0.15, -0.1) is 23.2 Å². The van der Waals surface area contributed by atoms with Crippen molar-refractivity contribution in [3.05, 3.63) is 0 Å². The Morgan fingerprint density at radius 2 is 2.12 bits per heavy atom. The lowest BCUT2D eigenvalue weighted by Crippen LogP contribution is -2.20. The van der Waals surface area contributed by atoms with Crippen LogP contribution >= 0.6 is 23.2 Å². The molecule has 0 unspecified atom stereocenters. The van der Waals surface area contributed by atoms with Gasteiger partial charge in [0.15, 0.2) is 0 Å². The summed E-state index contributed by atoms with van der Waals surface area (Å²) in [6, 6.07) is 0.144. The highest BCUT2D eigenvalue weighted by molar-refractivity contribution is 6.50. The van der Waals surface area contributed by atoms with Crippen LogP contribution in [0.2, 0.25) is 0 Å². The highest BCUT2D eigenvalue weighted by Gasteiger charge is 2.53. The van der Waals surface area contributed by atoms with Crippen LogP contribution in [-0.4, -0.2) is 10.4 Å². The van der Waals surface area contributed by atoms with Gasteiger partial charge in [0.2, 0.25) is 0 Å². The number of nitrogens with two attached hydrogens (primary N) is 1. The van der Waals surface area contributed by atoms with Gasteiger partial charge in [-0.2, -0.15) is 0 Å². The molecule has 1 saturated carbocycles. The van der Waals surface area contributed by atoms with E-state index in [9.17, 15) is 0 Å². The maximum absolute atomic E-state index is 5.69. The third-order valence-electron chi connectivity index (χ3n) is 1.51. The van der Waals surface area contributed by atoms with Crippen LogP contribution in [0.25, 0.3) is 0 Å². The Morgan fingerprint density at radius 3 is 2.12 bits per heavy atom. The molecule has 0 heterocycles. The predicted molar refractivity (Wildman–Crippen MR) is 36.2 cm³/mol. The number of hydrogen-bond acceptors (Lipinski definition) is 1. The first-order valence-electron chi connectivity index (χ1n) is 2.67. The summed E-state index contributed by atoms with van der Waals surface area (Å²) < 4.78 is -0.492. The third kappa shape index (κ3) is 1.09. The van der Waals surface area contributed by atoms with Crippen LogP contribution < -0.4 is 5.73 Å². The fourth-order valence-corrected chi connectivity index (χ4v) is 1.53. The highest BCUT2D eigenvalue weighted by atomic mass is 35.5. The summed E-state index contributed by atoms with van der Waals surface area (Å²) in [4.78, 5) is 0. The number of rotatable bonds is 1. The van der Waals surface area contributed by atoms with Crippen LogP contribution in [0.15, 0.2) is 0 Å². The average molecular weight is 154 g/mol. The molecule has 0 spiro atoms. The van der Waals surface area contributed by atoms with Crippen molar-refractivity contribution in [2.75, 3.05) is 0 Å². The van der Waals surface area contributed by atoms with Crippen molar-refractivity contribution in [1.29, 1.82) is 0 Å². The molecule has 0 aromatic rings. The maximum Gasteiger partial charge on any atom is 0.123 e. The highest BCUT2D eigenvalue weighted by Crippen LogP contribution is 2.54. The van der Waals surface area contributed by atoms with E-state index in [1.165, 1.54) is 0 Å². The Morgan fingerprint density at radius 1 is 1.75 bits per heavy atom. The van der Waals surface area contributed by atoms with Crippen molar-refractivity contribution in [1.82, 2.24) is 0 Å². The molecule has 0 amide bonds.